The molecule has 10 nitrogen and oxygen atoms in total. The summed E-state index contributed by atoms with van der Waals surface area (Å²) in [6.07, 6.45) is 1.44. The summed E-state index contributed by atoms with van der Waals surface area (Å²) in [4.78, 5) is 60.5. The van der Waals surface area contributed by atoms with Crippen LogP contribution < -0.4 is 10.6 Å². The maximum Gasteiger partial charge on any atom is 0.408 e. The van der Waals surface area contributed by atoms with E-state index >= 15 is 0 Å². The number of amides is 4. The zero-order valence-electron chi connectivity index (χ0n) is 18.4. The third kappa shape index (κ3) is 9.53. The lowest BCUT2D eigenvalue weighted by molar-refractivity contribution is -0.157. The predicted molar refractivity (Wildman–Crippen MR) is 107 cm³/mol. The third-order valence-electron chi connectivity index (χ3n) is 3.60. The highest BCUT2D eigenvalue weighted by Gasteiger charge is 2.29. The first kappa shape index (κ1) is 25.1. The smallest absolute Gasteiger partial charge is 0.408 e. The van der Waals surface area contributed by atoms with E-state index in [1.165, 1.54) is 0 Å². The fourth-order valence-corrected chi connectivity index (χ4v) is 2.39. The monoisotopic (exact) mass is 425 g/mol. The van der Waals surface area contributed by atoms with Gasteiger partial charge in [-0.2, -0.15) is 0 Å². The second kappa shape index (κ2) is 10.2. The standard InChI is InChI=1S/C20H31N3O7/c1-19(2,3)29-17(27)13(22-18(28)30-20(4,5)6)7-8-14(24)21-11-12-23-15(25)9-10-16(23)26/h9-10,13H,7-8,11-12H2,1-6H3,(H,21,24)(H,22,28)/t13-/m1/s1. The first-order valence-electron chi connectivity index (χ1n) is 9.70. The molecule has 1 aliphatic rings. The summed E-state index contributed by atoms with van der Waals surface area (Å²) in [5, 5.41) is 5.02. The molecule has 2 N–H and O–H groups in total. The summed E-state index contributed by atoms with van der Waals surface area (Å²) < 4.78 is 10.5. The minimum absolute atomic E-state index is 0.0108. The number of ether oxygens (including phenoxy) is 2. The molecule has 1 aliphatic heterocycles. The molecule has 0 aromatic heterocycles. The van der Waals surface area contributed by atoms with E-state index in [-0.39, 0.29) is 25.9 Å². The van der Waals surface area contributed by atoms with Crippen LogP contribution in [0.3, 0.4) is 0 Å². The van der Waals surface area contributed by atoms with Crippen LogP contribution in [-0.2, 0) is 28.7 Å². The minimum Gasteiger partial charge on any atom is -0.458 e. The van der Waals surface area contributed by atoms with E-state index in [9.17, 15) is 24.0 Å². The maximum atomic E-state index is 12.4. The molecule has 0 aromatic carbocycles. The van der Waals surface area contributed by atoms with Crippen molar-refractivity contribution in [2.45, 2.75) is 71.6 Å². The van der Waals surface area contributed by atoms with Gasteiger partial charge in [-0.25, -0.2) is 9.59 Å². The Hall–Kier alpha value is -2.91. The van der Waals surface area contributed by atoms with Gasteiger partial charge in [-0.05, 0) is 48.0 Å². The quantitative estimate of drug-likeness (QED) is 0.439. The first-order chi connectivity index (χ1) is 13.7. The fourth-order valence-electron chi connectivity index (χ4n) is 2.39. The van der Waals surface area contributed by atoms with Crippen molar-refractivity contribution in [3.05, 3.63) is 12.2 Å². The lowest BCUT2D eigenvalue weighted by Crippen LogP contribution is -2.46. The molecule has 0 saturated carbocycles. The van der Waals surface area contributed by atoms with E-state index in [0.717, 1.165) is 17.1 Å². The van der Waals surface area contributed by atoms with Crippen molar-refractivity contribution in [3.63, 3.8) is 0 Å². The highest BCUT2D eigenvalue weighted by atomic mass is 16.6. The number of imide groups is 1. The van der Waals surface area contributed by atoms with Crippen LogP contribution in [0.2, 0.25) is 0 Å². The van der Waals surface area contributed by atoms with Crippen molar-refractivity contribution >= 4 is 29.8 Å². The highest BCUT2D eigenvalue weighted by molar-refractivity contribution is 6.12. The van der Waals surface area contributed by atoms with Crippen LogP contribution in [0.5, 0.6) is 0 Å². The summed E-state index contributed by atoms with van der Waals surface area (Å²) in [5.74, 6) is -1.94. The summed E-state index contributed by atoms with van der Waals surface area (Å²) in [5.41, 5.74) is -1.52. The van der Waals surface area contributed by atoms with Gasteiger partial charge in [-0.3, -0.25) is 19.3 Å². The Bertz CT molecular complexity index is 699. The number of hydrogen-bond acceptors (Lipinski definition) is 7. The number of nitrogens with one attached hydrogen (secondary N) is 2. The topological polar surface area (TPSA) is 131 Å². The van der Waals surface area contributed by atoms with E-state index in [0.29, 0.717) is 0 Å². The van der Waals surface area contributed by atoms with Crippen molar-refractivity contribution in [2.24, 2.45) is 0 Å². The lowest BCUT2D eigenvalue weighted by Gasteiger charge is -2.26. The molecule has 0 aliphatic carbocycles. The summed E-state index contributed by atoms with van der Waals surface area (Å²) in [7, 11) is 0. The van der Waals surface area contributed by atoms with E-state index in [1.807, 2.05) is 0 Å². The van der Waals surface area contributed by atoms with Crippen LogP contribution in [-0.4, -0.2) is 65.0 Å². The maximum absolute atomic E-state index is 12.4. The lowest BCUT2D eigenvalue weighted by atomic mass is 10.1. The van der Waals surface area contributed by atoms with E-state index in [2.05, 4.69) is 10.6 Å². The number of esters is 1. The van der Waals surface area contributed by atoms with Crippen LogP contribution in [0.4, 0.5) is 4.79 Å². The number of carbonyl (C=O) groups excluding carboxylic acids is 5. The molecule has 10 heteroatoms. The Morgan fingerprint density at radius 3 is 2.00 bits per heavy atom. The second-order valence-corrected chi connectivity index (χ2v) is 8.78. The molecule has 30 heavy (non-hydrogen) atoms. The van der Waals surface area contributed by atoms with Gasteiger partial charge < -0.3 is 20.1 Å². The Morgan fingerprint density at radius 1 is 0.967 bits per heavy atom. The van der Waals surface area contributed by atoms with Crippen molar-refractivity contribution in [1.82, 2.24) is 15.5 Å². The van der Waals surface area contributed by atoms with Crippen LogP contribution in [0.25, 0.3) is 0 Å². The van der Waals surface area contributed by atoms with Gasteiger partial charge in [0, 0.05) is 31.7 Å². The highest BCUT2D eigenvalue weighted by Crippen LogP contribution is 2.12. The first-order valence-corrected chi connectivity index (χ1v) is 9.70. The van der Waals surface area contributed by atoms with E-state index < -0.39 is 47.0 Å². The van der Waals surface area contributed by atoms with Gasteiger partial charge in [0.25, 0.3) is 11.8 Å². The zero-order chi connectivity index (χ0) is 23.1. The molecule has 4 amide bonds. The third-order valence-corrected chi connectivity index (χ3v) is 3.60. The Kier molecular flexibility index (Phi) is 8.56. The van der Waals surface area contributed by atoms with E-state index in [4.69, 9.17) is 9.47 Å². The van der Waals surface area contributed by atoms with Crippen molar-refractivity contribution in [1.29, 1.82) is 0 Å². The van der Waals surface area contributed by atoms with Crippen LogP contribution >= 0.6 is 0 Å². The van der Waals surface area contributed by atoms with Gasteiger partial charge in [0.1, 0.15) is 17.2 Å². The van der Waals surface area contributed by atoms with Gasteiger partial charge in [0.2, 0.25) is 5.91 Å². The predicted octanol–water partition coefficient (Wildman–Crippen LogP) is 1.04. The second-order valence-electron chi connectivity index (χ2n) is 8.78. The van der Waals surface area contributed by atoms with Gasteiger partial charge in [0.15, 0.2) is 0 Å². The Morgan fingerprint density at radius 2 is 1.50 bits per heavy atom. The molecule has 0 saturated heterocycles. The van der Waals surface area contributed by atoms with Crippen LogP contribution in [0, 0.1) is 0 Å². The van der Waals surface area contributed by atoms with Gasteiger partial charge in [0.05, 0.1) is 0 Å². The van der Waals surface area contributed by atoms with Gasteiger partial charge >= 0.3 is 12.1 Å². The molecular formula is C20H31N3O7. The molecule has 1 rings (SSSR count). The average Bonchev–Trinajstić information content (AvgIpc) is 2.87. The van der Waals surface area contributed by atoms with E-state index in [1.54, 1.807) is 41.5 Å². The molecular weight excluding hydrogens is 394 g/mol. The molecule has 1 heterocycles. The van der Waals surface area contributed by atoms with Crippen molar-refractivity contribution < 1.29 is 33.4 Å². The molecule has 168 valence electrons. The average molecular weight is 425 g/mol. The van der Waals surface area contributed by atoms with Crippen molar-refractivity contribution in [2.75, 3.05) is 13.1 Å². The summed E-state index contributed by atoms with van der Waals surface area (Å²) in [6, 6.07) is -1.07. The number of alkyl carbamates (subject to hydrolysis) is 1. The van der Waals surface area contributed by atoms with Crippen molar-refractivity contribution in [3.8, 4) is 0 Å². The van der Waals surface area contributed by atoms with Crippen LogP contribution in [0.15, 0.2) is 12.2 Å². The molecule has 0 aromatic rings. The number of carbonyl (C=O) groups is 5. The largest absolute Gasteiger partial charge is 0.458 e. The molecule has 0 spiro atoms. The van der Waals surface area contributed by atoms with Gasteiger partial charge in [-0.1, -0.05) is 0 Å². The zero-order valence-corrected chi connectivity index (χ0v) is 18.4. The molecule has 0 radical (unpaired) electrons. The summed E-state index contributed by atoms with van der Waals surface area (Å²) >= 11 is 0. The Labute approximate surface area is 176 Å². The molecule has 0 fully saturated rings. The number of hydrogen-bond donors (Lipinski definition) is 2. The van der Waals surface area contributed by atoms with Crippen LogP contribution in [0.1, 0.15) is 54.4 Å². The Balaban J connectivity index is 2.57. The molecule has 1 atom stereocenters. The van der Waals surface area contributed by atoms with Gasteiger partial charge in [-0.15, -0.1) is 0 Å². The fraction of sp³-hybridized carbons (Fsp3) is 0.650. The molecule has 0 unspecified atom stereocenters. The number of nitrogens with zero attached hydrogens (tertiary/aromatic N) is 1. The number of rotatable bonds is 8. The SMILES string of the molecule is CC(C)(C)OC(=O)N[C@H](CCC(=O)NCCN1C(=O)C=CC1=O)C(=O)OC(C)(C)C. The minimum atomic E-state index is -1.07. The molecule has 0 bridgehead atoms. The normalized spacial score (nSPS) is 15.1. The summed E-state index contributed by atoms with van der Waals surface area (Å²) in [6.45, 7) is 10.3.